The van der Waals surface area contributed by atoms with Crippen LogP contribution in [0.15, 0.2) is 11.2 Å². The summed E-state index contributed by atoms with van der Waals surface area (Å²) in [6, 6.07) is 0. The molecule has 0 atom stereocenters. The second kappa shape index (κ2) is 2.64. The summed E-state index contributed by atoms with van der Waals surface area (Å²) < 4.78 is 13.5. The van der Waals surface area contributed by atoms with Crippen LogP contribution in [0.1, 0.15) is 0 Å². The Morgan fingerprint density at radius 1 is 1.75 bits per heavy atom. The summed E-state index contributed by atoms with van der Waals surface area (Å²) in [6.45, 7) is 3.04. The minimum Gasteiger partial charge on any atom is -0.397 e. The fraction of sp³-hybridized carbons (Fsp3) is 0. The van der Waals surface area contributed by atoms with Gasteiger partial charge in [-0.2, -0.15) is 0 Å². The first-order valence-corrected chi connectivity index (χ1v) is 3.84. The van der Waals surface area contributed by atoms with Gasteiger partial charge in [-0.1, -0.05) is 0 Å². The van der Waals surface area contributed by atoms with Crippen LogP contribution in [0.25, 0.3) is 0 Å². The van der Waals surface area contributed by atoms with Crippen LogP contribution in [0.2, 0.25) is 0 Å². The molecular weight excluding hydrogens is 199 g/mol. The molecule has 48 valence electrons. The summed E-state index contributed by atoms with van der Waals surface area (Å²) in [5, 5.41) is 0. The summed E-state index contributed by atoms with van der Waals surface area (Å²) in [5.41, 5.74) is 0. The summed E-state index contributed by atoms with van der Waals surface area (Å²) in [6.07, 6.45) is 0. The summed E-state index contributed by atoms with van der Waals surface area (Å²) in [5.74, 6) is 0. The Bertz CT molecular complexity index is 137. The predicted octanol–water partition coefficient (Wildman–Crippen LogP) is 0.962. The van der Waals surface area contributed by atoms with E-state index in [0.717, 1.165) is 0 Å². The molecule has 0 spiro atoms. The average molecular weight is 203 g/mol. The van der Waals surface area contributed by atoms with Gasteiger partial charge >= 0.3 is 7.82 Å². The molecule has 0 aromatic carbocycles. The quantitative estimate of drug-likeness (QED) is 0.518. The summed E-state index contributed by atoms with van der Waals surface area (Å²) in [7, 11) is -4.37. The van der Waals surface area contributed by atoms with E-state index in [2.05, 4.69) is 27.0 Å². The Labute approximate surface area is 54.5 Å². The number of halogens is 1. The first-order chi connectivity index (χ1) is 3.42. The van der Waals surface area contributed by atoms with Gasteiger partial charge in [-0.3, -0.25) is 9.79 Å². The lowest BCUT2D eigenvalue weighted by atomic mass is 11.2. The van der Waals surface area contributed by atoms with Gasteiger partial charge in [0.15, 0.2) is 4.67 Å². The zero-order valence-corrected chi connectivity index (χ0v) is 6.22. The van der Waals surface area contributed by atoms with Crippen molar-refractivity contribution in [3.05, 3.63) is 11.2 Å². The van der Waals surface area contributed by atoms with Crippen molar-refractivity contribution in [2.45, 2.75) is 0 Å². The van der Waals surface area contributed by atoms with Crippen LogP contribution >= 0.6 is 23.8 Å². The average Bonchev–Trinajstić information content (AvgIpc) is 1.21. The lowest BCUT2D eigenvalue weighted by Gasteiger charge is -2.01. The Kier molecular flexibility index (Phi) is 2.70. The maximum Gasteiger partial charge on any atom is 0.525 e. The van der Waals surface area contributed by atoms with Crippen LogP contribution < -0.4 is 0 Å². The molecule has 0 aliphatic rings. The molecule has 0 fully saturated rings. The standard InChI is InChI=1S/C2H4BrO4P/c1-2(3)7-8(4,5)6/h1H2,(H2,4,5,6). The first-order valence-electron chi connectivity index (χ1n) is 1.51. The van der Waals surface area contributed by atoms with Crippen molar-refractivity contribution in [1.29, 1.82) is 0 Å². The van der Waals surface area contributed by atoms with Crippen molar-refractivity contribution in [1.82, 2.24) is 0 Å². The molecule has 2 N–H and O–H groups in total. The van der Waals surface area contributed by atoms with Gasteiger partial charge in [0.1, 0.15) is 0 Å². The van der Waals surface area contributed by atoms with Crippen LogP contribution in [0.5, 0.6) is 0 Å². The molecule has 0 aromatic rings. The number of hydrogen-bond acceptors (Lipinski definition) is 2. The number of phosphoric ester groups is 1. The van der Waals surface area contributed by atoms with Crippen molar-refractivity contribution in [3.8, 4) is 0 Å². The smallest absolute Gasteiger partial charge is 0.397 e. The number of hydrogen-bond donors (Lipinski definition) is 2. The fourth-order valence-corrected chi connectivity index (χ4v) is 0.953. The van der Waals surface area contributed by atoms with E-state index < -0.39 is 7.82 Å². The van der Waals surface area contributed by atoms with Crippen molar-refractivity contribution in [2.75, 3.05) is 0 Å². The van der Waals surface area contributed by atoms with Crippen LogP contribution in [-0.4, -0.2) is 9.79 Å². The van der Waals surface area contributed by atoms with E-state index in [9.17, 15) is 4.57 Å². The highest BCUT2D eigenvalue weighted by Crippen LogP contribution is 2.39. The minimum absolute atomic E-state index is 0.175. The molecule has 0 radical (unpaired) electrons. The Morgan fingerprint density at radius 3 is 2.12 bits per heavy atom. The molecule has 0 rings (SSSR count). The summed E-state index contributed by atoms with van der Waals surface area (Å²) >= 11 is 2.60. The Morgan fingerprint density at radius 2 is 2.12 bits per heavy atom. The molecule has 0 aliphatic carbocycles. The molecule has 8 heavy (non-hydrogen) atoms. The van der Waals surface area contributed by atoms with Gasteiger partial charge in [-0.25, -0.2) is 4.57 Å². The second-order valence-corrected chi connectivity index (χ2v) is 2.99. The van der Waals surface area contributed by atoms with E-state index in [1.807, 2.05) is 0 Å². The third kappa shape index (κ3) is 6.17. The second-order valence-electron chi connectivity index (χ2n) is 0.937. The Hall–Kier alpha value is 0.170. The third-order valence-corrected chi connectivity index (χ3v) is 1.09. The van der Waals surface area contributed by atoms with Crippen molar-refractivity contribution >= 4 is 23.8 Å². The van der Waals surface area contributed by atoms with Crippen LogP contribution in [0.3, 0.4) is 0 Å². The third-order valence-electron chi connectivity index (χ3n) is 0.218. The summed E-state index contributed by atoms with van der Waals surface area (Å²) in [4.78, 5) is 16.0. The first kappa shape index (κ1) is 8.17. The molecule has 0 unspecified atom stereocenters. The van der Waals surface area contributed by atoms with E-state index in [4.69, 9.17) is 9.79 Å². The van der Waals surface area contributed by atoms with E-state index in [0.29, 0.717) is 0 Å². The fourth-order valence-electron chi connectivity index (χ4n) is 0.129. The molecule has 0 aliphatic heterocycles. The van der Waals surface area contributed by atoms with Crippen LogP contribution in [0, 0.1) is 0 Å². The monoisotopic (exact) mass is 202 g/mol. The van der Waals surface area contributed by atoms with Crippen molar-refractivity contribution in [2.24, 2.45) is 0 Å². The zero-order valence-electron chi connectivity index (χ0n) is 3.74. The molecular formula is C2H4BrO4P. The van der Waals surface area contributed by atoms with Crippen molar-refractivity contribution < 1.29 is 18.9 Å². The number of rotatable bonds is 2. The van der Waals surface area contributed by atoms with Gasteiger partial charge in [0, 0.05) is 0 Å². The highest BCUT2D eigenvalue weighted by molar-refractivity contribution is 9.11. The lowest BCUT2D eigenvalue weighted by molar-refractivity contribution is 0.256. The number of phosphoric acid groups is 1. The van der Waals surface area contributed by atoms with Gasteiger partial charge in [0.2, 0.25) is 0 Å². The largest absolute Gasteiger partial charge is 0.525 e. The molecule has 6 heteroatoms. The van der Waals surface area contributed by atoms with E-state index in [1.54, 1.807) is 0 Å². The molecule has 0 amide bonds. The van der Waals surface area contributed by atoms with Gasteiger partial charge in [0.05, 0.1) is 0 Å². The van der Waals surface area contributed by atoms with Gasteiger partial charge < -0.3 is 4.52 Å². The Balaban J connectivity index is 3.74. The van der Waals surface area contributed by atoms with Crippen LogP contribution in [-0.2, 0) is 9.09 Å². The molecule has 0 heterocycles. The SMILES string of the molecule is C=C(Br)OP(=O)(O)O. The minimum atomic E-state index is -4.37. The highest BCUT2D eigenvalue weighted by Gasteiger charge is 2.14. The lowest BCUT2D eigenvalue weighted by Crippen LogP contribution is -1.79. The highest BCUT2D eigenvalue weighted by atomic mass is 79.9. The van der Waals surface area contributed by atoms with Gasteiger partial charge in [-0.05, 0) is 22.5 Å². The normalized spacial score (nSPS) is 10.9. The van der Waals surface area contributed by atoms with E-state index >= 15 is 0 Å². The molecule has 4 nitrogen and oxygen atoms in total. The van der Waals surface area contributed by atoms with Gasteiger partial charge in [-0.15, -0.1) is 0 Å². The maximum absolute atomic E-state index is 9.82. The molecule has 0 saturated heterocycles. The molecule has 0 bridgehead atoms. The predicted molar refractivity (Wildman–Crippen MR) is 31.2 cm³/mol. The van der Waals surface area contributed by atoms with E-state index in [-0.39, 0.29) is 4.67 Å². The maximum atomic E-state index is 9.82. The van der Waals surface area contributed by atoms with E-state index in [1.165, 1.54) is 0 Å². The molecule has 0 saturated carbocycles. The van der Waals surface area contributed by atoms with Crippen LogP contribution in [0.4, 0.5) is 0 Å². The van der Waals surface area contributed by atoms with Gasteiger partial charge in [0.25, 0.3) is 0 Å². The van der Waals surface area contributed by atoms with Crippen molar-refractivity contribution in [3.63, 3.8) is 0 Å². The molecule has 0 aromatic heterocycles. The topological polar surface area (TPSA) is 66.8 Å². The zero-order chi connectivity index (χ0) is 6.78.